The molecule has 6 nitrogen and oxygen atoms in total. The number of hydrogen-bond donors (Lipinski definition) is 2. The molecule has 0 heterocycles. The average Bonchev–Trinajstić information content (AvgIpc) is 2.78. The van der Waals surface area contributed by atoms with Gasteiger partial charge in [-0.2, -0.15) is 0 Å². The number of esters is 1. The zero-order valence-electron chi connectivity index (χ0n) is 23.0. The van der Waals surface area contributed by atoms with Crippen LogP contribution < -0.4 is 9.64 Å². The number of ether oxygens (including phenoxy) is 2. The summed E-state index contributed by atoms with van der Waals surface area (Å²) in [6.07, 6.45) is 17.2. The van der Waals surface area contributed by atoms with Gasteiger partial charge in [0.2, 0.25) is 0 Å². The average molecular weight is 492 g/mol. The van der Waals surface area contributed by atoms with Gasteiger partial charge in [0, 0.05) is 26.1 Å². The summed E-state index contributed by atoms with van der Waals surface area (Å²) in [5.74, 6) is 0.0503. The van der Waals surface area contributed by atoms with Crippen molar-refractivity contribution in [2.75, 3.05) is 25.6 Å². The molecular formula is C29H49NO5. The molecule has 200 valence electrons. The second-order valence-corrected chi connectivity index (χ2v) is 10.3. The predicted octanol–water partition coefficient (Wildman–Crippen LogP) is 7.60. The lowest BCUT2D eigenvalue weighted by atomic mass is 10.1. The molecule has 35 heavy (non-hydrogen) atoms. The number of nitrogens with zero attached hydrogens (tertiary/aromatic N) is 1. The van der Waals surface area contributed by atoms with Crippen molar-refractivity contribution in [2.45, 2.75) is 110 Å². The Balaban J connectivity index is 2.63. The number of unbranched alkanes of at least 4 members (excludes halogenated alkanes) is 9. The lowest BCUT2D eigenvalue weighted by Gasteiger charge is -2.23. The van der Waals surface area contributed by atoms with Crippen LogP contribution in [0.5, 0.6) is 17.2 Å². The number of anilines is 1. The number of carbonyl (C=O) groups is 1. The minimum atomic E-state index is -0.501. The molecule has 2 N–H and O–H groups in total. The summed E-state index contributed by atoms with van der Waals surface area (Å²) in [5.41, 5.74) is 0.464. The maximum absolute atomic E-state index is 12.0. The third-order valence-electron chi connectivity index (χ3n) is 5.92. The van der Waals surface area contributed by atoms with Crippen molar-refractivity contribution in [3.05, 3.63) is 17.7 Å². The van der Waals surface area contributed by atoms with Crippen molar-refractivity contribution in [3.8, 4) is 17.2 Å². The zero-order valence-corrected chi connectivity index (χ0v) is 23.0. The molecule has 1 rings (SSSR count). The van der Waals surface area contributed by atoms with Gasteiger partial charge in [0.05, 0.1) is 18.4 Å². The fourth-order valence-electron chi connectivity index (χ4n) is 4.05. The van der Waals surface area contributed by atoms with Crippen LogP contribution in [0.1, 0.15) is 110 Å². The Labute approximate surface area is 213 Å². The molecular weight excluding hydrogens is 442 g/mol. The molecule has 0 atom stereocenters. The SMILES string of the molecule is CCCCCCCCCCC/C=C/c1c(O)c(N(C)CCCC(=O)OC(C)(C)C)cc(O)c1OC. The lowest BCUT2D eigenvalue weighted by Crippen LogP contribution is -2.25. The summed E-state index contributed by atoms with van der Waals surface area (Å²) in [5, 5.41) is 21.4. The molecule has 1 aromatic carbocycles. The topological polar surface area (TPSA) is 79.2 Å². The maximum atomic E-state index is 12.0. The van der Waals surface area contributed by atoms with Crippen LogP contribution >= 0.6 is 0 Å². The minimum Gasteiger partial charge on any atom is -0.505 e. The third kappa shape index (κ3) is 12.2. The Morgan fingerprint density at radius 2 is 1.60 bits per heavy atom. The number of rotatable bonds is 17. The van der Waals surface area contributed by atoms with Gasteiger partial charge in [-0.15, -0.1) is 0 Å². The van der Waals surface area contributed by atoms with Gasteiger partial charge in [-0.1, -0.05) is 70.4 Å². The van der Waals surface area contributed by atoms with E-state index in [1.807, 2.05) is 44.9 Å². The summed E-state index contributed by atoms with van der Waals surface area (Å²) in [6.45, 7) is 8.31. The summed E-state index contributed by atoms with van der Waals surface area (Å²) >= 11 is 0. The molecule has 0 aromatic heterocycles. The molecule has 0 spiro atoms. The van der Waals surface area contributed by atoms with E-state index in [0.717, 1.165) is 12.8 Å². The molecule has 0 radical (unpaired) electrons. The molecule has 1 aromatic rings. The van der Waals surface area contributed by atoms with Crippen LogP contribution in [0.2, 0.25) is 0 Å². The molecule has 6 heteroatoms. The third-order valence-corrected chi connectivity index (χ3v) is 5.92. The summed E-state index contributed by atoms with van der Waals surface area (Å²) in [7, 11) is 3.31. The van der Waals surface area contributed by atoms with Gasteiger partial charge in [-0.05, 0) is 40.0 Å². The Bertz CT molecular complexity index is 782. The second kappa shape index (κ2) is 16.3. The number of aromatic hydroxyl groups is 2. The van der Waals surface area contributed by atoms with Crippen molar-refractivity contribution in [2.24, 2.45) is 0 Å². The highest BCUT2D eigenvalue weighted by Gasteiger charge is 2.20. The zero-order chi connectivity index (χ0) is 26.3. The smallest absolute Gasteiger partial charge is 0.306 e. The quantitative estimate of drug-likeness (QED) is 0.133. The van der Waals surface area contributed by atoms with Crippen molar-refractivity contribution >= 4 is 17.7 Å². The fraction of sp³-hybridized carbons (Fsp3) is 0.690. The Hall–Kier alpha value is -2.37. The number of phenols is 2. The summed E-state index contributed by atoms with van der Waals surface area (Å²) in [4.78, 5) is 13.8. The first kappa shape index (κ1) is 30.7. The van der Waals surface area contributed by atoms with E-state index in [4.69, 9.17) is 9.47 Å². The highest BCUT2D eigenvalue weighted by molar-refractivity contribution is 5.77. The normalized spacial score (nSPS) is 11.7. The fourth-order valence-corrected chi connectivity index (χ4v) is 4.05. The maximum Gasteiger partial charge on any atom is 0.306 e. The number of hydrogen-bond acceptors (Lipinski definition) is 6. The lowest BCUT2D eigenvalue weighted by molar-refractivity contribution is -0.154. The van der Waals surface area contributed by atoms with Crippen LogP contribution in [0.3, 0.4) is 0 Å². The summed E-state index contributed by atoms with van der Waals surface area (Å²) < 4.78 is 10.7. The van der Waals surface area contributed by atoms with E-state index in [2.05, 4.69) is 6.92 Å². The monoisotopic (exact) mass is 491 g/mol. The number of allylic oxidation sites excluding steroid dienone is 1. The van der Waals surface area contributed by atoms with Gasteiger partial charge in [-0.3, -0.25) is 4.79 Å². The van der Waals surface area contributed by atoms with Crippen LogP contribution in [-0.2, 0) is 9.53 Å². The van der Waals surface area contributed by atoms with E-state index < -0.39 is 5.60 Å². The number of phenolic OH excluding ortho intramolecular Hbond substituents is 2. The molecule has 0 aliphatic carbocycles. The van der Waals surface area contributed by atoms with E-state index in [-0.39, 0.29) is 29.6 Å². The Kier molecular flexibility index (Phi) is 14.3. The predicted molar refractivity (Wildman–Crippen MR) is 146 cm³/mol. The van der Waals surface area contributed by atoms with Gasteiger partial charge >= 0.3 is 5.97 Å². The standard InChI is InChI=1S/C29H49NO5/c1-7-8-9-10-11-12-13-14-15-16-17-19-23-27(33)24(22-25(31)28(23)34-6)30(5)21-18-20-26(32)35-29(2,3)4/h17,19,22,31,33H,7-16,18,20-21H2,1-6H3/b19-17+. The van der Waals surface area contributed by atoms with Gasteiger partial charge < -0.3 is 24.6 Å². The number of carbonyl (C=O) groups excluding carboxylic acids is 1. The van der Waals surface area contributed by atoms with Crippen molar-refractivity contribution < 1.29 is 24.5 Å². The van der Waals surface area contributed by atoms with Crippen LogP contribution in [0.15, 0.2) is 12.1 Å². The van der Waals surface area contributed by atoms with Crippen LogP contribution in [-0.4, -0.2) is 42.5 Å². The molecule has 0 unspecified atom stereocenters. The summed E-state index contributed by atoms with van der Waals surface area (Å²) in [6, 6.07) is 1.50. The van der Waals surface area contributed by atoms with Crippen LogP contribution in [0.25, 0.3) is 6.08 Å². The minimum absolute atomic E-state index is 0.0259. The number of methoxy groups -OCH3 is 1. The Morgan fingerprint density at radius 3 is 2.17 bits per heavy atom. The van der Waals surface area contributed by atoms with Gasteiger partial charge in [0.25, 0.3) is 0 Å². The first-order valence-electron chi connectivity index (χ1n) is 13.3. The highest BCUT2D eigenvalue weighted by Crippen LogP contribution is 2.44. The first-order chi connectivity index (χ1) is 16.6. The van der Waals surface area contributed by atoms with E-state index in [1.54, 1.807) is 0 Å². The second-order valence-electron chi connectivity index (χ2n) is 10.3. The van der Waals surface area contributed by atoms with E-state index in [0.29, 0.717) is 24.2 Å². The van der Waals surface area contributed by atoms with E-state index in [1.165, 1.54) is 64.5 Å². The van der Waals surface area contributed by atoms with Gasteiger partial charge in [-0.25, -0.2) is 0 Å². The van der Waals surface area contributed by atoms with Crippen molar-refractivity contribution in [3.63, 3.8) is 0 Å². The van der Waals surface area contributed by atoms with Crippen LogP contribution in [0, 0.1) is 0 Å². The molecule has 0 amide bonds. The van der Waals surface area contributed by atoms with Crippen molar-refractivity contribution in [1.82, 2.24) is 0 Å². The number of benzene rings is 1. The Morgan fingerprint density at radius 1 is 1.00 bits per heavy atom. The molecule has 0 aliphatic rings. The van der Waals surface area contributed by atoms with Crippen LogP contribution in [0.4, 0.5) is 5.69 Å². The molecule has 0 aliphatic heterocycles. The molecule has 0 fully saturated rings. The van der Waals surface area contributed by atoms with Gasteiger partial charge in [0.1, 0.15) is 11.4 Å². The molecule has 0 saturated carbocycles. The van der Waals surface area contributed by atoms with Gasteiger partial charge in [0.15, 0.2) is 11.5 Å². The molecule has 0 saturated heterocycles. The first-order valence-corrected chi connectivity index (χ1v) is 13.3. The van der Waals surface area contributed by atoms with E-state index >= 15 is 0 Å². The highest BCUT2D eigenvalue weighted by atomic mass is 16.6. The molecule has 0 bridgehead atoms. The largest absolute Gasteiger partial charge is 0.505 e. The van der Waals surface area contributed by atoms with E-state index in [9.17, 15) is 15.0 Å². The van der Waals surface area contributed by atoms with Crippen molar-refractivity contribution in [1.29, 1.82) is 0 Å².